The molecule has 0 saturated carbocycles. The van der Waals surface area contributed by atoms with Gasteiger partial charge < -0.3 is 9.26 Å². The van der Waals surface area contributed by atoms with Crippen molar-refractivity contribution < 1.29 is 13.7 Å². The number of fused-ring (bicyclic) bond motifs is 1. The van der Waals surface area contributed by atoms with Gasteiger partial charge in [0.15, 0.2) is 0 Å². The summed E-state index contributed by atoms with van der Waals surface area (Å²) in [6.45, 7) is -0.0839. The molecule has 11 heteroatoms. The van der Waals surface area contributed by atoms with Crippen molar-refractivity contribution in [2.24, 2.45) is 0 Å². The van der Waals surface area contributed by atoms with Crippen LogP contribution in [0.4, 0.5) is 4.39 Å². The minimum atomic E-state index is -0.609. The Bertz CT molecular complexity index is 1620. The van der Waals surface area contributed by atoms with Crippen LogP contribution < -0.4 is 16.0 Å². The lowest BCUT2D eigenvalue weighted by Gasteiger charge is -2.11. The predicted octanol–water partition coefficient (Wildman–Crippen LogP) is 4.11. The summed E-state index contributed by atoms with van der Waals surface area (Å²) in [5.41, 5.74) is 0.192. The lowest BCUT2D eigenvalue weighted by molar-refractivity contribution is 0.370. The number of aromatic nitrogens is 4. The number of halogens is 2. The monoisotopic (exact) mass is 484 g/mol. The topological polar surface area (TPSA) is 92.2 Å². The van der Waals surface area contributed by atoms with Gasteiger partial charge in [-0.25, -0.2) is 13.8 Å². The highest BCUT2D eigenvalue weighted by atomic mass is 35.5. The zero-order valence-corrected chi connectivity index (χ0v) is 18.6. The number of thiophene rings is 1. The first-order valence-electron chi connectivity index (χ1n) is 9.62. The van der Waals surface area contributed by atoms with Crippen LogP contribution in [0.2, 0.25) is 5.02 Å². The van der Waals surface area contributed by atoms with Gasteiger partial charge in [-0.3, -0.25) is 9.36 Å². The van der Waals surface area contributed by atoms with Crippen LogP contribution in [-0.2, 0) is 6.54 Å². The van der Waals surface area contributed by atoms with Crippen molar-refractivity contribution in [2.75, 3.05) is 7.11 Å². The Morgan fingerprint density at radius 3 is 2.82 bits per heavy atom. The molecule has 3 aromatic heterocycles. The molecule has 33 heavy (non-hydrogen) atoms. The second-order valence-electron chi connectivity index (χ2n) is 6.99. The summed E-state index contributed by atoms with van der Waals surface area (Å²) in [5, 5.41) is 5.59. The van der Waals surface area contributed by atoms with E-state index in [9.17, 15) is 14.0 Å². The Hall–Kier alpha value is -3.76. The second-order valence-corrected chi connectivity index (χ2v) is 8.31. The number of hydrogen-bond acceptors (Lipinski definition) is 7. The fraction of sp³-hybridized carbons (Fsp3) is 0.0909. The van der Waals surface area contributed by atoms with Crippen molar-refractivity contribution in [3.8, 4) is 22.8 Å². The van der Waals surface area contributed by atoms with Crippen LogP contribution in [0.5, 0.6) is 5.75 Å². The molecule has 5 rings (SSSR count). The second kappa shape index (κ2) is 8.30. The zero-order valence-electron chi connectivity index (χ0n) is 17.0. The quantitative estimate of drug-likeness (QED) is 0.373. The summed E-state index contributed by atoms with van der Waals surface area (Å²) in [7, 11) is 1.50. The van der Waals surface area contributed by atoms with E-state index >= 15 is 0 Å². The molecule has 0 bridgehead atoms. The third-order valence-corrected chi connectivity index (χ3v) is 6.20. The molecule has 0 aliphatic carbocycles. The fourth-order valence-electron chi connectivity index (χ4n) is 3.42. The first-order chi connectivity index (χ1) is 16.0. The van der Waals surface area contributed by atoms with Crippen LogP contribution in [-0.4, -0.2) is 26.4 Å². The van der Waals surface area contributed by atoms with Crippen molar-refractivity contribution in [3.63, 3.8) is 0 Å². The molecule has 0 amide bonds. The van der Waals surface area contributed by atoms with Crippen molar-refractivity contribution in [3.05, 3.63) is 91.5 Å². The Kier molecular flexibility index (Phi) is 5.31. The third kappa shape index (κ3) is 3.73. The molecule has 0 aliphatic heterocycles. The average molecular weight is 485 g/mol. The highest BCUT2D eigenvalue weighted by Gasteiger charge is 2.19. The SMILES string of the molecule is COc1cccc(-n2c(=O)c3sccc3n(Cc3nc(-c4ccc(Cl)c(F)c4)no3)c2=O)c1. The molecule has 0 atom stereocenters. The number of benzene rings is 2. The van der Waals surface area contributed by atoms with Gasteiger partial charge in [0.2, 0.25) is 11.7 Å². The fourth-order valence-corrected chi connectivity index (χ4v) is 4.37. The normalized spacial score (nSPS) is 11.2. The third-order valence-electron chi connectivity index (χ3n) is 5.01. The van der Waals surface area contributed by atoms with E-state index in [1.807, 2.05) is 0 Å². The molecule has 5 aromatic rings. The van der Waals surface area contributed by atoms with Crippen molar-refractivity contribution in [1.29, 1.82) is 0 Å². The maximum absolute atomic E-state index is 13.8. The minimum absolute atomic E-state index is 0.0198. The van der Waals surface area contributed by atoms with Crippen LogP contribution in [0, 0.1) is 5.82 Å². The summed E-state index contributed by atoms with van der Waals surface area (Å²) in [6.07, 6.45) is 0. The minimum Gasteiger partial charge on any atom is -0.497 e. The molecule has 0 fully saturated rings. The highest BCUT2D eigenvalue weighted by Crippen LogP contribution is 2.23. The first kappa shape index (κ1) is 21.1. The Balaban J connectivity index is 1.61. The van der Waals surface area contributed by atoms with Crippen LogP contribution in [0.3, 0.4) is 0 Å². The Labute approximate surface area is 194 Å². The Morgan fingerprint density at radius 1 is 1.18 bits per heavy atom. The van der Waals surface area contributed by atoms with Gasteiger partial charge in [0, 0.05) is 11.6 Å². The Morgan fingerprint density at radius 2 is 2.03 bits per heavy atom. The zero-order chi connectivity index (χ0) is 23.1. The number of hydrogen-bond donors (Lipinski definition) is 0. The molecule has 3 heterocycles. The van der Waals surface area contributed by atoms with Gasteiger partial charge in [-0.2, -0.15) is 4.98 Å². The van der Waals surface area contributed by atoms with E-state index in [0.717, 1.165) is 4.57 Å². The number of ether oxygens (including phenoxy) is 1. The molecular weight excluding hydrogens is 471 g/mol. The summed E-state index contributed by atoms with van der Waals surface area (Å²) in [5.74, 6) is 0.164. The summed E-state index contributed by atoms with van der Waals surface area (Å²) < 4.78 is 27.2. The number of nitrogens with zero attached hydrogens (tertiary/aromatic N) is 4. The van der Waals surface area contributed by atoms with E-state index in [0.29, 0.717) is 27.2 Å². The van der Waals surface area contributed by atoms with Crippen LogP contribution in [0.1, 0.15) is 5.89 Å². The van der Waals surface area contributed by atoms with Crippen LogP contribution in [0.25, 0.3) is 27.3 Å². The van der Waals surface area contributed by atoms with Crippen molar-refractivity contribution >= 4 is 33.2 Å². The summed E-state index contributed by atoms with van der Waals surface area (Å²) in [4.78, 5) is 30.8. The molecular formula is C22H14ClFN4O4S. The molecule has 8 nitrogen and oxygen atoms in total. The van der Waals surface area contributed by atoms with E-state index < -0.39 is 17.1 Å². The summed E-state index contributed by atoms with van der Waals surface area (Å²) in [6, 6.07) is 12.5. The van der Waals surface area contributed by atoms with Gasteiger partial charge in [0.25, 0.3) is 5.56 Å². The van der Waals surface area contributed by atoms with E-state index in [1.54, 1.807) is 41.8 Å². The smallest absolute Gasteiger partial charge is 0.336 e. The number of rotatable bonds is 5. The molecule has 0 spiro atoms. The van der Waals surface area contributed by atoms with Gasteiger partial charge in [-0.15, -0.1) is 11.3 Å². The van der Waals surface area contributed by atoms with E-state index in [1.165, 1.54) is 35.1 Å². The highest BCUT2D eigenvalue weighted by molar-refractivity contribution is 7.17. The van der Waals surface area contributed by atoms with Crippen molar-refractivity contribution in [1.82, 2.24) is 19.3 Å². The van der Waals surface area contributed by atoms with Gasteiger partial charge in [0.1, 0.15) is 22.8 Å². The maximum Gasteiger partial charge on any atom is 0.336 e. The van der Waals surface area contributed by atoms with Crippen LogP contribution >= 0.6 is 22.9 Å². The van der Waals surface area contributed by atoms with Crippen LogP contribution in [0.15, 0.2) is 68.0 Å². The molecule has 2 aromatic carbocycles. The predicted molar refractivity (Wildman–Crippen MR) is 122 cm³/mol. The molecule has 0 N–H and O–H groups in total. The first-order valence-corrected chi connectivity index (χ1v) is 10.9. The van der Waals surface area contributed by atoms with Gasteiger partial charge in [0.05, 0.1) is 23.3 Å². The maximum atomic E-state index is 13.8. The lowest BCUT2D eigenvalue weighted by atomic mass is 10.2. The van der Waals surface area contributed by atoms with Gasteiger partial charge in [-0.1, -0.05) is 22.8 Å². The van der Waals surface area contributed by atoms with E-state index in [4.69, 9.17) is 20.9 Å². The lowest BCUT2D eigenvalue weighted by Crippen LogP contribution is -2.38. The van der Waals surface area contributed by atoms with Gasteiger partial charge in [-0.05, 0) is 41.8 Å². The average Bonchev–Trinajstić information content (AvgIpc) is 3.49. The molecule has 0 unspecified atom stereocenters. The molecule has 0 saturated heterocycles. The molecule has 166 valence electrons. The summed E-state index contributed by atoms with van der Waals surface area (Å²) >= 11 is 6.95. The van der Waals surface area contributed by atoms with Gasteiger partial charge >= 0.3 is 5.69 Å². The van der Waals surface area contributed by atoms with Crippen molar-refractivity contribution in [2.45, 2.75) is 6.54 Å². The van der Waals surface area contributed by atoms with E-state index in [-0.39, 0.29) is 23.3 Å². The molecule has 0 radical (unpaired) electrons. The number of methoxy groups -OCH3 is 1. The standard InChI is InChI=1S/C22H14ClFN4O4S/c1-31-14-4-2-3-13(10-14)28-21(29)19-17(7-8-33-19)27(22(28)30)11-18-25-20(26-32-18)12-5-6-15(23)16(24)9-12/h2-10H,11H2,1H3. The van der Waals surface area contributed by atoms with E-state index in [2.05, 4.69) is 10.1 Å². The molecule has 0 aliphatic rings. The largest absolute Gasteiger partial charge is 0.497 e.